The largest absolute Gasteiger partial charge is 0.497 e. The van der Waals surface area contributed by atoms with Crippen LogP contribution in [-0.2, 0) is 4.74 Å². The van der Waals surface area contributed by atoms with Gasteiger partial charge >= 0.3 is 5.97 Å². The van der Waals surface area contributed by atoms with Crippen LogP contribution in [-0.4, -0.2) is 31.4 Å². The Morgan fingerprint density at radius 3 is 2.21 bits per heavy atom. The van der Waals surface area contributed by atoms with Crippen molar-refractivity contribution < 1.29 is 23.9 Å². The second-order valence-electron chi connectivity index (χ2n) is 5.74. The predicted octanol–water partition coefficient (Wildman–Crippen LogP) is 4.05. The van der Waals surface area contributed by atoms with Crippen LogP contribution in [0.5, 0.6) is 5.75 Å². The summed E-state index contributed by atoms with van der Waals surface area (Å²) in [4.78, 5) is 36.8. The maximum atomic E-state index is 12.1. The average molecular weight is 395 g/mol. The highest BCUT2D eigenvalue weighted by Gasteiger charge is 2.13. The number of ether oxygens (including phenoxy) is 2. The first-order valence-electron chi connectivity index (χ1n) is 8.36. The Morgan fingerprint density at radius 2 is 1.61 bits per heavy atom. The van der Waals surface area contributed by atoms with Crippen molar-refractivity contribution in [3.05, 3.63) is 82.0 Å². The first kappa shape index (κ1) is 19.3. The van der Waals surface area contributed by atoms with Gasteiger partial charge in [-0.2, -0.15) is 0 Å². The molecule has 0 fully saturated rings. The molecule has 0 aliphatic rings. The molecule has 0 spiro atoms. The number of esters is 1. The van der Waals surface area contributed by atoms with Gasteiger partial charge in [-0.3, -0.25) is 9.59 Å². The molecular formula is C21H17NO5S. The number of hydrogen-bond acceptors (Lipinski definition) is 6. The lowest BCUT2D eigenvalue weighted by Crippen LogP contribution is -2.14. The van der Waals surface area contributed by atoms with Gasteiger partial charge in [0.1, 0.15) is 5.75 Å². The van der Waals surface area contributed by atoms with E-state index >= 15 is 0 Å². The summed E-state index contributed by atoms with van der Waals surface area (Å²) < 4.78 is 10.1. The van der Waals surface area contributed by atoms with Gasteiger partial charge in [0.05, 0.1) is 17.6 Å². The molecule has 0 saturated carbocycles. The fourth-order valence-electron chi connectivity index (χ4n) is 2.36. The number of hydrogen-bond donors (Lipinski definition) is 1. The molecule has 0 atom stereocenters. The van der Waals surface area contributed by atoms with Crippen LogP contribution in [0.1, 0.15) is 30.4 Å². The summed E-state index contributed by atoms with van der Waals surface area (Å²) in [6.07, 6.45) is 0. The third kappa shape index (κ3) is 4.83. The van der Waals surface area contributed by atoms with Crippen LogP contribution in [0, 0.1) is 0 Å². The van der Waals surface area contributed by atoms with Crippen molar-refractivity contribution in [1.29, 1.82) is 0 Å². The molecule has 0 aliphatic heterocycles. The molecule has 0 unspecified atom stereocenters. The number of anilines is 1. The van der Waals surface area contributed by atoms with Gasteiger partial charge in [-0.25, -0.2) is 4.79 Å². The van der Waals surface area contributed by atoms with Crippen LogP contribution < -0.4 is 10.1 Å². The minimum atomic E-state index is -0.613. The number of nitrogens with one attached hydrogen (secondary N) is 1. The highest BCUT2D eigenvalue weighted by molar-refractivity contribution is 7.12. The van der Waals surface area contributed by atoms with Crippen molar-refractivity contribution in [3.8, 4) is 5.75 Å². The summed E-state index contributed by atoms with van der Waals surface area (Å²) in [5, 5.41) is 4.57. The number of thiophene rings is 1. The topological polar surface area (TPSA) is 81.7 Å². The average Bonchev–Trinajstić information content (AvgIpc) is 3.27. The first-order chi connectivity index (χ1) is 13.6. The highest BCUT2D eigenvalue weighted by Crippen LogP contribution is 2.15. The Hall–Kier alpha value is -3.45. The number of ketones is 1. The second-order valence-corrected chi connectivity index (χ2v) is 6.68. The van der Waals surface area contributed by atoms with E-state index in [0.717, 1.165) is 0 Å². The fraction of sp³-hybridized carbons (Fsp3) is 0.0952. The van der Waals surface area contributed by atoms with Gasteiger partial charge in [0.2, 0.25) is 0 Å². The van der Waals surface area contributed by atoms with Crippen LogP contribution >= 0.6 is 11.3 Å². The summed E-state index contributed by atoms with van der Waals surface area (Å²) in [6.45, 7) is -0.359. The molecule has 142 valence electrons. The number of methoxy groups -OCH3 is 1. The third-order valence-corrected chi connectivity index (χ3v) is 4.74. The van der Waals surface area contributed by atoms with Crippen LogP contribution in [0.3, 0.4) is 0 Å². The quantitative estimate of drug-likeness (QED) is 0.482. The number of rotatable bonds is 7. The molecule has 3 aromatic rings. The Morgan fingerprint density at radius 1 is 0.929 bits per heavy atom. The summed E-state index contributed by atoms with van der Waals surface area (Å²) >= 11 is 1.34. The van der Waals surface area contributed by atoms with Gasteiger partial charge in [0.25, 0.3) is 5.91 Å². The molecule has 6 nitrogen and oxygen atoms in total. The molecule has 1 heterocycles. The summed E-state index contributed by atoms with van der Waals surface area (Å²) in [5.74, 6) is -0.496. The minimum Gasteiger partial charge on any atom is -0.497 e. The summed E-state index contributed by atoms with van der Waals surface area (Å²) in [7, 11) is 1.54. The van der Waals surface area contributed by atoms with E-state index in [4.69, 9.17) is 9.47 Å². The molecule has 0 saturated heterocycles. The zero-order chi connectivity index (χ0) is 19.9. The number of amides is 1. The SMILES string of the molecule is COc1ccc(C(=O)COC(=O)c2ccc(NC(=O)c3cccs3)cc2)cc1. The maximum Gasteiger partial charge on any atom is 0.338 e. The third-order valence-electron chi connectivity index (χ3n) is 3.87. The van der Waals surface area contributed by atoms with E-state index in [-0.39, 0.29) is 23.9 Å². The molecule has 1 N–H and O–H groups in total. The van der Waals surface area contributed by atoms with Crippen molar-refractivity contribution in [2.75, 3.05) is 19.0 Å². The molecule has 0 bridgehead atoms. The zero-order valence-electron chi connectivity index (χ0n) is 15.0. The fourth-order valence-corrected chi connectivity index (χ4v) is 2.98. The zero-order valence-corrected chi connectivity index (χ0v) is 15.8. The van der Waals surface area contributed by atoms with E-state index in [9.17, 15) is 14.4 Å². The van der Waals surface area contributed by atoms with Crippen molar-refractivity contribution in [2.45, 2.75) is 0 Å². The Labute approximate surface area is 165 Å². The lowest BCUT2D eigenvalue weighted by molar-refractivity contribution is 0.0474. The number of Topliss-reactive ketones (excluding diaryl/α,β-unsaturated/α-hetero) is 1. The molecule has 1 amide bonds. The van der Waals surface area contributed by atoms with Gasteiger partial charge < -0.3 is 14.8 Å². The number of benzene rings is 2. The number of carbonyl (C=O) groups excluding carboxylic acids is 3. The second kappa shape index (κ2) is 8.96. The van der Waals surface area contributed by atoms with Gasteiger partial charge in [0.15, 0.2) is 12.4 Å². The molecule has 28 heavy (non-hydrogen) atoms. The lowest BCUT2D eigenvalue weighted by Gasteiger charge is -2.07. The van der Waals surface area contributed by atoms with E-state index in [2.05, 4.69) is 5.32 Å². The molecule has 0 aliphatic carbocycles. The van der Waals surface area contributed by atoms with Gasteiger partial charge in [-0.15, -0.1) is 11.3 Å². The van der Waals surface area contributed by atoms with Crippen molar-refractivity contribution in [3.63, 3.8) is 0 Å². The van der Waals surface area contributed by atoms with E-state index in [1.54, 1.807) is 48.5 Å². The van der Waals surface area contributed by atoms with Gasteiger partial charge in [0, 0.05) is 11.3 Å². The first-order valence-corrected chi connectivity index (χ1v) is 9.24. The van der Waals surface area contributed by atoms with Crippen LogP contribution in [0.25, 0.3) is 0 Å². The highest BCUT2D eigenvalue weighted by atomic mass is 32.1. The normalized spacial score (nSPS) is 10.2. The standard InChI is InChI=1S/C21H17NO5S/c1-26-17-10-6-14(7-11-17)18(23)13-27-21(25)15-4-8-16(9-5-15)22-20(24)19-3-2-12-28-19/h2-12H,13H2,1H3,(H,22,24). The van der Waals surface area contributed by atoms with E-state index in [0.29, 0.717) is 21.9 Å². The van der Waals surface area contributed by atoms with E-state index < -0.39 is 5.97 Å². The van der Waals surface area contributed by atoms with Crippen LogP contribution in [0.4, 0.5) is 5.69 Å². The molecule has 0 radical (unpaired) electrons. The number of carbonyl (C=O) groups is 3. The Balaban J connectivity index is 1.54. The Kier molecular flexibility index (Phi) is 6.18. The van der Waals surface area contributed by atoms with Crippen LogP contribution in [0.2, 0.25) is 0 Å². The van der Waals surface area contributed by atoms with Gasteiger partial charge in [-0.1, -0.05) is 6.07 Å². The molecule has 2 aromatic carbocycles. The molecule has 1 aromatic heterocycles. The Bertz CT molecular complexity index is 963. The summed E-state index contributed by atoms with van der Waals surface area (Å²) in [6, 6.07) is 16.4. The summed E-state index contributed by atoms with van der Waals surface area (Å²) in [5.41, 5.74) is 1.28. The van der Waals surface area contributed by atoms with Gasteiger partial charge in [-0.05, 0) is 60.0 Å². The monoisotopic (exact) mass is 395 g/mol. The van der Waals surface area contributed by atoms with Crippen molar-refractivity contribution >= 4 is 34.7 Å². The van der Waals surface area contributed by atoms with Crippen molar-refractivity contribution in [2.24, 2.45) is 0 Å². The van der Waals surface area contributed by atoms with E-state index in [1.165, 1.54) is 30.6 Å². The smallest absolute Gasteiger partial charge is 0.338 e. The van der Waals surface area contributed by atoms with Crippen LogP contribution in [0.15, 0.2) is 66.0 Å². The molecule has 3 rings (SSSR count). The maximum absolute atomic E-state index is 12.1. The molecule has 7 heteroatoms. The van der Waals surface area contributed by atoms with Crippen molar-refractivity contribution in [1.82, 2.24) is 0 Å². The predicted molar refractivity (Wildman–Crippen MR) is 106 cm³/mol. The lowest BCUT2D eigenvalue weighted by atomic mass is 10.1. The minimum absolute atomic E-state index is 0.213. The van der Waals surface area contributed by atoms with E-state index in [1.807, 2.05) is 5.38 Å². The molecular weight excluding hydrogens is 378 g/mol.